The molecule has 1 fully saturated rings. The Morgan fingerprint density at radius 3 is 2.66 bits per heavy atom. The van der Waals surface area contributed by atoms with E-state index in [2.05, 4.69) is 70.4 Å². The molecule has 2 aromatic heterocycles. The minimum Gasteiger partial charge on any atom is -0.439 e. The van der Waals surface area contributed by atoms with Gasteiger partial charge in [0, 0.05) is 31.4 Å². The highest BCUT2D eigenvalue weighted by molar-refractivity contribution is 8.00. The van der Waals surface area contributed by atoms with Crippen molar-refractivity contribution in [2.75, 3.05) is 17.8 Å². The largest absolute Gasteiger partial charge is 0.439 e. The van der Waals surface area contributed by atoms with Crippen molar-refractivity contribution in [2.24, 2.45) is 7.05 Å². The molecule has 4 aromatic rings. The zero-order valence-electron chi connectivity index (χ0n) is 20.3. The Hall–Kier alpha value is -3.36. The summed E-state index contributed by atoms with van der Waals surface area (Å²) in [7, 11) is 1.89. The summed E-state index contributed by atoms with van der Waals surface area (Å²) in [5.41, 5.74) is 5.53. The smallest absolute Gasteiger partial charge is 0.237 e. The molecule has 1 aliphatic heterocycles. The summed E-state index contributed by atoms with van der Waals surface area (Å²) in [4.78, 5) is 10.5. The number of benzene rings is 2. The standard InChI is InChI=1S/C27H30N6OS/c1-18-7-4-8-19(2)26(18)24-14-25(31-27(30-24)32-35-23-16-29-33(3)17-23)34-22-11-5-9-20(13-22)21-10-6-12-28-15-21/h4-5,7-9,11,13-14,16-17,21,28H,6,10,12,15H2,1-3H3,(H,30,31,32). The molecule has 0 aliphatic carbocycles. The Bertz CT molecular complexity index is 1290. The SMILES string of the molecule is Cc1cccc(C)c1-c1cc(Oc2cccc(C3CCCNC3)c2)nc(NSc2cnn(C)c2)n1. The average Bonchev–Trinajstić information content (AvgIpc) is 3.28. The normalized spacial score (nSPS) is 15.7. The molecule has 180 valence electrons. The number of piperidine rings is 1. The first-order chi connectivity index (χ1) is 17.0. The number of hydrogen-bond donors (Lipinski definition) is 2. The third kappa shape index (κ3) is 5.66. The monoisotopic (exact) mass is 486 g/mol. The fourth-order valence-electron chi connectivity index (χ4n) is 4.51. The van der Waals surface area contributed by atoms with Crippen LogP contribution in [-0.4, -0.2) is 32.8 Å². The van der Waals surface area contributed by atoms with Gasteiger partial charge in [-0.1, -0.05) is 30.3 Å². The molecule has 1 aliphatic rings. The highest BCUT2D eigenvalue weighted by Gasteiger charge is 2.17. The Kier molecular flexibility index (Phi) is 7.01. The Labute approximate surface area is 210 Å². The van der Waals surface area contributed by atoms with Crippen molar-refractivity contribution in [3.8, 4) is 22.9 Å². The molecule has 0 bridgehead atoms. The number of aromatic nitrogens is 4. The first-order valence-electron chi connectivity index (χ1n) is 11.9. The summed E-state index contributed by atoms with van der Waals surface area (Å²) >= 11 is 1.42. The predicted molar refractivity (Wildman–Crippen MR) is 141 cm³/mol. The fraction of sp³-hybridized carbons (Fsp3) is 0.296. The molecule has 1 saturated heterocycles. The van der Waals surface area contributed by atoms with Crippen molar-refractivity contribution in [1.82, 2.24) is 25.1 Å². The number of ether oxygens (including phenoxy) is 1. The maximum Gasteiger partial charge on any atom is 0.237 e. The highest BCUT2D eigenvalue weighted by Crippen LogP contribution is 2.33. The van der Waals surface area contributed by atoms with Crippen LogP contribution < -0.4 is 14.8 Å². The molecule has 3 heterocycles. The molecule has 2 N–H and O–H groups in total. The lowest BCUT2D eigenvalue weighted by molar-refractivity contribution is 0.449. The first-order valence-corrected chi connectivity index (χ1v) is 12.7. The first kappa shape index (κ1) is 23.4. The second-order valence-corrected chi connectivity index (χ2v) is 9.83. The predicted octanol–water partition coefficient (Wildman–Crippen LogP) is 5.87. The third-order valence-electron chi connectivity index (χ3n) is 6.23. The average molecular weight is 487 g/mol. The van der Waals surface area contributed by atoms with E-state index in [0.29, 0.717) is 17.7 Å². The molecule has 0 spiro atoms. The number of rotatable bonds is 7. The number of aryl methyl sites for hydroxylation is 3. The maximum atomic E-state index is 6.31. The van der Waals surface area contributed by atoms with Crippen molar-refractivity contribution in [2.45, 2.75) is 37.5 Å². The minimum atomic E-state index is 0.488. The highest BCUT2D eigenvalue weighted by atomic mass is 32.2. The molecule has 1 atom stereocenters. The van der Waals surface area contributed by atoms with Gasteiger partial charge in [-0.25, -0.2) is 4.98 Å². The second kappa shape index (κ2) is 10.5. The van der Waals surface area contributed by atoms with Gasteiger partial charge < -0.3 is 10.1 Å². The lowest BCUT2D eigenvalue weighted by Crippen LogP contribution is -2.28. The van der Waals surface area contributed by atoms with Crippen LogP contribution in [0.3, 0.4) is 0 Å². The number of nitrogens with zero attached hydrogens (tertiary/aromatic N) is 4. The van der Waals surface area contributed by atoms with E-state index in [1.165, 1.54) is 30.4 Å². The van der Waals surface area contributed by atoms with Gasteiger partial charge in [0.05, 0.1) is 16.8 Å². The number of anilines is 1. The Morgan fingerprint density at radius 2 is 1.91 bits per heavy atom. The Balaban J connectivity index is 1.46. The van der Waals surface area contributed by atoms with Gasteiger partial charge in [-0.3, -0.25) is 9.40 Å². The van der Waals surface area contributed by atoms with E-state index in [9.17, 15) is 0 Å². The van der Waals surface area contributed by atoms with E-state index >= 15 is 0 Å². The zero-order chi connectivity index (χ0) is 24.2. The minimum absolute atomic E-state index is 0.488. The van der Waals surface area contributed by atoms with Crippen LogP contribution >= 0.6 is 11.9 Å². The quantitative estimate of drug-likeness (QED) is 0.316. The van der Waals surface area contributed by atoms with Crippen molar-refractivity contribution in [3.63, 3.8) is 0 Å². The van der Waals surface area contributed by atoms with Gasteiger partial charge in [-0.05, 0) is 79.9 Å². The molecule has 0 amide bonds. The van der Waals surface area contributed by atoms with E-state index in [1.54, 1.807) is 10.9 Å². The van der Waals surface area contributed by atoms with Crippen LogP contribution in [0.5, 0.6) is 11.6 Å². The van der Waals surface area contributed by atoms with Crippen LogP contribution in [0.15, 0.2) is 65.8 Å². The summed E-state index contributed by atoms with van der Waals surface area (Å²) in [6, 6.07) is 16.6. The van der Waals surface area contributed by atoms with E-state index in [1.807, 2.05) is 25.4 Å². The zero-order valence-corrected chi connectivity index (χ0v) is 21.1. The van der Waals surface area contributed by atoms with Gasteiger partial charge in [0.1, 0.15) is 5.75 Å². The van der Waals surface area contributed by atoms with Crippen molar-refractivity contribution >= 4 is 17.9 Å². The van der Waals surface area contributed by atoms with Gasteiger partial charge in [-0.15, -0.1) is 0 Å². The van der Waals surface area contributed by atoms with Crippen molar-refractivity contribution < 1.29 is 4.74 Å². The van der Waals surface area contributed by atoms with Crippen LogP contribution in [0.1, 0.15) is 35.4 Å². The van der Waals surface area contributed by atoms with Gasteiger partial charge in [0.25, 0.3) is 0 Å². The summed E-state index contributed by atoms with van der Waals surface area (Å²) < 4.78 is 11.3. The van der Waals surface area contributed by atoms with E-state index < -0.39 is 0 Å². The van der Waals surface area contributed by atoms with Crippen LogP contribution in [0, 0.1) is 13.8 Å². The van der Waals surface area contributed by atoms with Gasteiger partial charge in [0.15, 0.2) is 0 Å². The lowest BCUT2D eigenvalue weighted by Gasteiger charge is -2.23. The summed E-state index contributed by atoms with van der Waals surface area (Å²) in [5.74, 6) is 2.29. The molecule has 7 nitrogen and oxygen atoms in total. The third-order valence-corrected chi connectivity index (χ3v) is 6.96. The van der Waals surface area contributed by atoms with Crippen molar-refractivity contribution in [3.05, 3.63) is 77.6 Å². The molecule has 35 heavy (non-hydrogen) atoms. The topological polar surface area (TPSA) is 76.9 Å². The van der Waals surface area contributed by atoms with Crippen LogP contribution in [0.25, 0.3) is 11.3 Å². The Morgan fingerprint density at radius 1 is 1.09 bits per heavy atom. The molecule has 0 saturated carbocycles. The number of nitrogens with one attached hydrogen (secondary N) is 2. The van der Waals surface area contributed by atoms with E-state index in [-0.39, 0.29) is 0 Å². The summed E-state index contributed by atoms with van der Waals surface area (Å²) in [6.07, 6.45) is 6.14. The maximum absolute atomic E-state index is 6.31. The van der Waals surface area contributed by atoms with Crippen LogP contribution in [0.2, 0.25) is 0 Å². The molecule has 5 rings (SSSR count). The van der Waals surface area contributed by atoms with E-state index in [0.717, 1.165) is 46.1 Å². The van der Waals surface area contributed by atoms with Gasteiger partial charge >= 0.3 is 0 Å². The van der Waals surface area contributed by atoms with Crippen molar-refractivity contribution in [1.29, 1.82) is 0 Å². The molecular weight excluding hydrogens is 456 g/mol. The molecular formula is C27H30N6OS. The van der Waals surface area contributed by atoms with E-state index in [4.69, 9.17) is 9.72 Å². The molecule has 8 heteroatoms. The van der Waals surface area contributed by atoms with Crippen LogP contribution in [0.4, 0.5) is 5.95 Å². The number of hydrogen-bond acceptors (Lipinski definition) is 7. The molecule has 1 unspecified atom stereocenters. The molecule has 2 aromatic carbocycles. The fourth-order valence-corrected chi connectivity index (χ4v) is 5.12. The second-order valence-electron chi connectivity index (χ2n) is 8.95. The summed E-state index contributed by atoms with van der Waals surface area (Å²) in [5, 5.41) is 7.72. The van der Waals surface area contributed by atoms with Gasteiger partial charge in [-0.2, -0.15) is 10.1 Å². The van der Waals surface area contributed by atoms with Gasteiger partial charge in [0.2, 0.25) is 11.8 Å². The molecule has 0 radical (unpaired) electrons. The lowest BCUT2D eigenvalue weighted by atomic mass is 9.92. The summed E-state index contributed by atoms with van der Waals surface area (Å²) in [6.45, 7) is 6.31. The van der Waals surface area contributed by atoms with Crippen LogP contribution in [-0.2, 0) is 7.05 Å².